The van der Waals surface area contributed by atoms with Crippen LogP contribution in [-0.4, -0.2) is 9.97 Å². The fourth-order valence-corrected chi connectivity index (χ4v) is 2.47. The number of nitrogen functional groups attached to an aromatic ring is 3. The minimum atomic E-state index is 0.384. The van der Waals surface area contributed by atoms with E-state index >= 15 is 0 Å². The van der Waals surface area contributed by atoms with Crippen molar-refractivity contribution in [2.75, 3.05) is 17.2 Å². The van der Waals surface area contributed by atoms with Crippen LogP contribution >= 0.6 is 11.8 Å². The Hall–Kier alpha value is -1.95. The lowest BCUT2D eigenvalue weighted by molar-refractivity contribution is 0.983. The van der Waals surface area contributed by atoms with Gasteiger partial charge in [0.15, 0.2) is 5.16 Å². The van der Waals surface area contributed by atoms with E-state index in [0.29, 0.717) is 16.8 Å². The van der Waals surface area contributed by atoms with E-state index in [4.69, 9.17) is 17.2 Å². The van der Waals surface area contributed by atoms with Crippen LogP contribution in [0.15, 0.2) is 29.4 Å². The predicted molar refractivity (Wildman–Crippen MR) is 76.0 cm³/mol. The molecular formula is C12H15N5S. The summed E-state index contributed by atoms with van der Waals surface area (Å²) in [5.74, 6) is 1.50. The van der Waals surface area contributed by atoms with Crippen molar-refractivity contribution in [2.45, 2.75) is 17.8 Å². The van der Waals surface area contributed by atoms with Gasteiger partial charge < -0.3 is 17.2 Å². The molecule has 6 heteroatoms. The van der Waals surface area contributed by atoms with Crippen molar-refractivity contribution in [3.8, 4) is 0 Å². The number of thioether (sulfide) groups is 1. The van der Waals surface area contributed by atoms with Crippen LogP contribution in [0.2, 0.25) is 0 Å². The zero-order valence-corrected chi connectivity index (χ0v) is 10.9. The maximum Gasteiger partial charge on any atom is 0.191 e. The SMILES string of the molecule is Cc1c(N)cccc1CSc1nc(N)cc(N)n1. The molecule has 0 aliphatic carbocycles. The van der Waals surface area contributed by atoms with Crippen molar-refractivity contribution in [1.29, 1.82) is 0 Å². The first-order valence-electron chi connectivity index (χ1n) is 5.43. The van der Waals surface area contributed by atoms with Crippen molar-refractivity contribution < 1.29 is 0 Å². The largest absolute Gasteiger partial charge is 0.399 e. The fourth-order valence-electron chi connectivity index (χ4n) is 1.53. The number of hydrogen-bond acceptors (Lipinski definition) is 6. The number of nitrogens with two attached hydrogens (primary N) is 3. The van der Waals surface area contributed by atoms with Crippen molar-refractivity contribution in [1.82, 2.24) is 9.97 Å². The average molecular weight is 261 g/mol. The second-order valence-corrected chi connectivity index (χ2v) is 4.86. The van der Waals surface area contributed by atoms with Gasteiger partial charge in [-0.25, -0.2) is 9.97 Å². The molecule has 6 N–H and O–H groups in total. The first kappa shape index (κ1) is 12.5. The van der Waals surface area contributed by atoms with Gasteiger partial charge in [0, 0.05) is 17.5 Å². The summed E-state index contributed by atoms with van der Waals surface area (Å²) >= 11 is 1.49. The number of nitrogens with zero attached hydrogens (tertiary/aromatic N) is 2. The second-order valence-electron chi connectivity index (χ2n) is 3.92. The van der Waals surface area contributed by atoms with Crippen molar-refractivity contribution in [3.05, 3.63) is 35.4 Å². The van der Waals surface area contributed by atoms with Gasteiger partial charge in [-0.15, -0.1) is 0 Å². The van der Waals surface area contributed by atoms with Crippen molar-refractivity contribution >= 4 is 29.1 Å². The highest BCUT2D eigenvalue weighted by Crippen LogP contribution is 2.25. The van der Waals surface area contributed by atoms with Gasteiger partial charge in [-0.05, 0) is 24.1 Å². The molecule has 5 nitrogen and oxygen atoms in total. The van der Waals surface area contributed by atoms with Crippen LogP contribution in [0.1, 0.15) is 11.1 Å². The van der Waals surface area contributed by atoms with Gasteiger partial charge >= 0.3 is 0 Å². The molecule has 0 saturated carbocycles. The lowest BCUT2D eigenvalue weighted by atomic mass is 10.1. The first-order chi connectivity index (χ1) is 8.56. The van der Waals surface area contributed by atoms with Crippen LogP contribution in [0.5, 0.6) is 0 Å². The molecule has 0 saturated heterocycles. The fraction of sp³-hybridized carbons (Fsp3) is 0.167. The maximum absolute atomic E-state index is 5.86. The van der Waals surface area contributed by atoms with E-state index in [1.165, 1.54) is 17.8 Å². The molecule has 1 aromatic carbocycles. The van der Waals surface area contributed by atoms with E-state index in [-0.39, 0.29) is 0 Å². The molecule has 0 radical (unpaired) electrons. The molecule has 0 aliphatic heterocycles. The summed E-state index contributed by atoms with van der Waals surface area (Å²) in [6.07, 6.45) is 0. The van der Waals surface area contributed by atoms with E-state index in [1.807, 2.05) is 25.1 Å². The lowest BCUT2D eigenvalue weighted by Crippen LogP contribution is -2.00. The second kappa shape index (κ2) is 5.14. The zero-order chi connectivity index (χ0) is 13.1. The summed E-state index contributed by atoms with van der Waals surface area (Å²) in [5.41, 5.74) is 20.1. The molecule has 0 unspecified atom stereocenters. The summed E-state index contributed by atoms with van der Waals surface area (Å²) in [6.45, 7) is 2.00. The first-order valence-corrected chi connectivity index (χ1v) is 6.41. The third-order valence-electron chi connectivity index (χ3n) is 2.59. The van der Waals surface area contributed by atoms with Crippen LogP contribution in [0.4, 0.5) is 17.3 Å². The number of hydrogen-bond donors (Lipinski definition) is 3. The van der Waals surface area contributed by atoms with E-state index < -0.39 is 0 Å². The molecule has 0 aliphatic rings. The Kier molecular flexibility index (Phi) is 3.57. The van der Waals surface area contributed by atoms with Crippen molar-refractivity contribution in [3.63, 3.8) is 0 Å². The minimum Gasteiger partial charge on any atom is -0.399 e. The van der Waals surface area contributed by atoms with Gasteiger partial charge in [-0.3, -0.25) is 0 Å². The van der Waals surface area contributed by atoms with Gasteiger partial charge in [-0.1, -0.05) is 23.9 Å². The molecule has 0 spiro atoms. The maximum atomic E-state index is 5.86. The molecule has 2 aromatic rings. The van der Waals surface area contributed by atoms with Crippen LogP contribution in [0, 0.1) is 6.92 Å². The lowest BCUT2D eigenvalue weighted by Gasteiger charge is -2.07. The van der Waals surface area contributed by atoms with Crippen LogP contribution in [-0.2, 0) is 5.75 Å². The number of aromatic nitrogens is 2. The standard InChI is InChI=1S/C12H15N5S/c1-7-8(3-2-4-9(7)13)6-18-12-16-10(14)5-11(15)17-12/h2-5H,6,13H2,1H3,(H4,14,15,16,17). The molecule has 1 aromatic heterocycles. The summed E-state index contributed by atoms with van der Waals surface area (Å²) in [7, 11) is 0. The number of benzene rings is 1. The van der Waals surface area contributed by atoms with Gasteiger partial charge in [0.25, 0.3) is 0 Å². The van der Waals surface area contributed by atoms with Crippen molar-refractivity contribution in [2.24, 2.45) is 0 Å². The summed E-state index contributed by atoms with van der Waals surface area (Å²) < 4.78 is 0. The molecule has 0 bridgehead atoms. The molecular weight excluding hydrogens is 246 g/mol. The number of anilines is 3. The zero-order valence-electron chi connectivity index (χ0n) is 10.1. The molecule has 2 rings (SSSR count). The summed E-state index contributed by atoms with van der Waals surface area (Å²) in [5, 5.41) is 0.578. The van der Waals surface area contributed by atoms with E-state index in [2.05, 4.69) is 9.97 Å². The van der Waals surface area contributed by atoms with Gasteiger partial charge in [-0.2, -0.15) is 0 Å². The highest BCUT2D eigenvalue weighted by Gasteiger charge is 2.05. The normalized spacial score (nSPS) is 10.5. The highest BCUT2D eigenvalue weighted by atomic mass is 32.2. The van der Waals surface area contributed by atoms with Gasteiger partial charge in [0.1, 0.15) is 11.6 Å². The Morgan fingerprint density at radius 1 is 1.11 bits per heavy atom. The average Bonchev–Trinajstić information content (AvgIpc) is 2.30. The Bertz CT molecular complexity index is 550. The molecule has 94 valence electrons. The quantitative estimate of drug-likeness (QED) is 0.442. The van der Waals surface area contributed by atoms with Gasteiger partial charge in [0.05, 0.1) is 0 Å². The highest BCUT2D eigenvalue weighted by molar-refractivity contribution is 7.98. The molecule has 0 fully saturated rings. The smallest absolute Gasteiger partial charge is 0.191 e. The van der Waals surface area contributed by atoms with E-state index in [0.717, 1.165) is 22.6 Å². The van der Waals surface area contributed by atoms with Crippen LogP contribution in [0.25, 0.3) is 0 Å². The third-order valence-corrected chi connectivity index (χ3v) is 3.49. The topological polar surface area (TPSA) is 104 Å². The molecule has 0 amide bonds. The predicted octanol–water partition coefficient (Wildman–Crippen LogP) is 1.82. The minimum absolute atomic E-state index is 0.384. The third kappa shape index (κ3) is 2.84. The Labute approximate surface area is 110 Å². The van der Waals surface area contributed by atoms with E-state index in [1.54, 1.807) is 0 Å². The summed E-state index contributed by atoms with van der Waals surface area (Å²) in [4.78, 5) is 8.24. The molecule has 1 heterocycles. The number of rotatable bonds is 3. The Morgan fingerprint density at radius 3 is 2.44 bits per heavy atom. The van der Waals surface area contributed by atoms with Crippen LogP contribution in [0.3, 0.4) is 0 Å². The summed E-state index contributed by atoms with van der Waals surface area (Å²) in [6, 6.07) is 7.40. The van der Waals surface area contributed by atoms with Crippen LogP contribution < -0.4 is 17.2 Å². The Balaban J connectivity index is 2.14. The Morgan fingerprint density at radius 2 is 1.78 bits per heavy atom. The molecule has 0 atom stereocenters. The van der Waals surface area contributed by atoms with E-state index in [9.17, 15) is 0 Å². The monoisotopic (exact) mass is 261 g/mol. The van der Waals surface area contributed by atoms with Gasteiger partial charge in [0.2, 0.25) is 0 Å². The molecule has 18 heavy (non-hydrogen) atoms.